The van der Waals surface area contributed by atoms with Crippen LogP contribution in [0.4, 0.5) is 16.2 Å². The van der Waals surface area contributed by atoms with Gasteiger partial charge in [0.25, 0.3) is 0 Å². The van der Waals surface area contributed by atoms with Gasteiger partial charge in [-0.2, -0.15) is 0 Å². The lowest BCUT2D eigenvalue weighted by molar-refractivity contribution is 0.121. The van der Waals surface area contributed by atoms with Gasteiger partial charge in [0, 0.05) is 43.1 Å². The molecule has 0 bridgehead atoms. The molecule has 1 unspecified atom stereocenters. The van der Waals surface area contributed by atoms with Crippen molar-refractivity contribution in [2.75, 3.05) is 38.5 Å². The van der Waals surface area contributed by atoms with Crippen LogP contribution in [-0.4, -0.2) is 39.4 Å². The molecule has 0 aliphatic carbocycles. The highest BCUT2D eigenvalue weighted by Crippen LogP contribution is 2.38. The number of fused-ring (bicyclic) bond motifs is 1. The number of ether oxygens (including phenoxy) is 4. The molecule has 198 valence electrons. The molecule has 4 aromatic rings. The number of nitrogens with one attached hydrogen (secondary N) is 1. The zero-order chi connectivity index (χ0) is 27.4. The predicted molar refractivity (Wildman–Crippen MR) is 150 cm³/mol. The van der Waals surface area contributed by atoms with Crippen LogP contribution < -0.4 is 24.4 Å². The summed E-state index contributed by atoms with van der Waals surface area (Å²) in [5.41, 5.74) is 5.10. The summed E-state index contributed by atoms with van der Waals surface area (Å²) in [6, 6.07) is 17.0. The molecule has 1 aromatic heterocycles. The molecule has 0 fully saturated rings. The van der Waals surface area contributed by atoms with E-state index >= 15 is 0 Å². The second-order valence-electron chi connectivity index (χ2n) is 9.16. The Bertz CT molecular complexity index is 1470. The number of carbonyl (C=O) groups is 1. The molecule has 1 heterocycles. The van der Waals surface area contributed by atoms with Gasteiger partial charge in [0.1, 0.15) is 17.6 Å². The maximum Gasteiger partial charge on any atom is 0.412 e. The maximum atomic E-state index is 12.7. The number of nitrogens with zero attached hydrogens (tertiary/aromatic N) is 2. The van der Waals surface area contributed by atoms with Crippen LogP contribution in [0.1, 0.15) is 29.7 Å². The molecular weight excluding hydrogens is 482 g/mol. The van der Waals surface area contributed by atoms with Gasteiger partial charge in [0.2, 0.25) is 0 Å². The van der Waals surface area contributed by atoms with Crippen molar-refractivity contribution in [1.82, 2.24) is 4.98 Å². The topological polar surface area (TPSA) is 82.2 Å². The molecule has 0 saturated carbocycles. The number of hydrogen-bond acceptors (Lipinski definition) is 7. The normalized spacial score (nSPS) is 11.6. The number of benzene rings is 3. The summed E-state index contributed by atoms with van der Waals surface area (Å²) in [5.74, 6) is 2.48. The second-order valence-corrected chi connectivity index (χ2v) is 9.16. The molecule has 1 amide bonds. The summed E-state index contributed by atoms with van der Waals surface area (Å²) < 4.78 is 22.8. The Morgan fingerprint density at radius 1 is 0.895 bits per heavy atom. The van der Waals surface area contributed by atoms with Gasteiger partial charge in [-0.1, -0.05) is 12.1 Å². The molecule has 1 atom stereocenters. The van der Waals surface area contributed by atoms with Gasteiger partial charge >= 0.3 is 6.09 Å². The van der Waals surface area contributed by atoms with Gasteiger partial charge < -0.3 is 23.8 Å². The van der Waals surface area contributed by atoms with Crippen molar-refractivity contribution < 1.29 is 23.7 Å². The molecule has 8 heteroatoms. The van der Waals surface area contributed by atoms with E-state index in [9.17, 15) is 4.79 Å². The SMILES string of the molecule is COc1cc2nccc(Oc3ccc(NC(=O)OC(C)c4cccc(N(C)C)c4)c(C)c3C)c2cc1OC. The number of aromatic nitrogens is 1. The minimum Gasteiger partial charge on any atom is -0.493 e. The van der Waals surface area contributed by atoms with Crippen molar-refractivity contribution >= 4 is 28.4 Å². The van der Waals surface area contributed by atoms with Crippen LogP contribution in [0.3, 0.4) is 0 Å². The molecule has 8 nitrogen and oxygen atoms in total. The number of amides is 1. The van der Waals surface area contributed by atoms with Gasteiger partial charge in [0.05, 0.1) is 19.7 Å². The van der Waals surface area contributed by atoms with Crippen LogP contribution in [0.25, 0.3) is 10.9 Å². The predicted octanol–water partition coefficient (Wildman–Crippen LogP) is 7.04. The smallest absolute Gasteiger partial charge is 0.412 e. The Morgan fingerprint density at radius 3 is 2.34 bits per heavy atom. The van der Waals surface area contributed by atoms with E-state index in [2.05, 4.69) is 10.3 Å². The van der Waals surface area contributed by atoms with Crippen LogP contribution >= 0.6 is 0 Å². The van der Waals surface area contributed by atoms with Crippen LogP contribution in [0.5, 0.6) is 23.0 Å². The van der Waals surface area contributed by atoms with E-state index in [1.54, 1.807) is 26.5 Å². The standard InChI is InChI=1S/C30H33N3O5/c1-18-19(2)26(38-27-13-14-31-25-17-29(36-7)28(35-6)16-23(25)27)12-11-24(18)32-30(34)37-20(3)21-9-8-10-22(15-21)33(4)5/h8-17,20H,1-7H3,(H,32,34). The van der Waals surface area contributed by atoms with Crippen molar-refractivity contribution in [2.24, 2.45) is 0 Å². The molecule has 38 heavy (non-hydrogen) atoms. The van der Waals surface area contributed by atoms with Crippen molar-refractivity contribution in [1.29, 1.82) is 0 Å². The summed E-state index contributed by atoms with van der Waals surface area (Å²) in [4.78, 5) is 19.2. The van der Waals surface area contributed by atoms with Gasteiger partial charge in [-0.3, -0.25) is 10.3 Å². The summed E-state index contributed by atoms with van der Waals surface area (Å²) in [5, 5.41) is 3.66. The van der Waals surface area contributed by atoms with Crippen molar-refractivity contribution in [2.45, 2.75) is 26.9 Å². The van der Waals surface area contributed by atoms with E-state index in [0.717, 1.165) is 33.3 Å². The largest absolute Gasteiger partial charge is 0.493 e. The van der Waals surface area contributed by atoms with Gasteiger partial charge in [-0.15, -0.1) is 0 Å². The first-order chi connectivity index (χ1) is 18.2. The Balaban J connectivity index is 1.51. The number of anilines is 2. The zero-order valence-corrected chi connectivity index (χ0v) is 22.8. The van der Waals surface area contributed by atoms with Crippen LogP contribution in [0, 0.1) is 13.8 Å². The first-order valence-electron chi connectivity index (χ1n) is 12.3. The monoisotopic (exact) mass is 515 g/mol. The van der Waals surface area contributed by atoms with E-state index in [-0.39, 0.29) is 0 Å². The second kappa shape index (κ2) is 11.3. The lowest BCUT2D eigenvalue weighted by atomic mass is 10.1. The average molecular weight is 516 g/mol. The van der Waals surface area contributed by atoms with Crippen LogP contribution in [0.2, 0.25) is 0 Å². The lowest BCUT2D eigenvalue weighted by Gasteiger charge is -2.19. The van der Waals surface area contributed by atoms with E-state index in [0.29, 0.717) is 28.7 Å². The van der Waals surface area contributed by atoms with Crippen molar-refractivity contribution in [3.63, 3.8) is 0 Å². The molecular formula is C30H33N3O5. The van der Waals surface area contributed by atoms with Gasteiger partial charge in [0.15, 0.2) is 11.5 Å². The molecule has 1 N–H and O–H groups in total. The minimum absolute atomic E-state index is 0.408. The Morgan fingerprint density at radius 2 is 1.63 bits per heavy atom. The zero-order valence-electron chi connectivity index (χ0n) is 22.8. The Labute approximate surface area is 223 Å². The quantitative estimate of drug-likeness (QED) is 0.270. The van der Waals surface area contributed by atoms with Gasteiger partial charge in [-0.25, -0.2) is 4.79 Å². The third-order valence-electron chi connectivity index (χ3n) is 6.54. The molecule has 0 aliphatic heterocycles. The van der Waals surface area contributed by atoms with E-state index in [1.807, 2.05) is 88.3 Å². The summed E-state index contributed by atoms with van der Waals surface area (Å²) >= 11 is 0. The molecule has 3 aromatic carbocycles. The van der Waals surface area contributed by atoms with E-state index < -0.39 is 12.2 Å². The minimum atomic E-state index is -0.523. The summed E-state index contributed by atoms with van der Waals surface area (Å²) in [6.07, 6.45) is 0.757. The summed E-state index contributed by atoms with van der Waals surface area (Å²) in [7, 11) is 7.12. The third kappa shape index (κ3) is 5.59. The highest BCUT2D eigenvalue weighted by atomic mass is 16.6. The Kier molecular flexibility index (Phi) is 7.90. The summed E-state index contributed by atoms with van der Waals surface area (Å²) in [6.45, 7) is 5.73. The number of methoxy groups -OCH3 is 2. The highest BCUT2D eigenvalue weighted by Gasteiger charge is 2.17. The van der Waals surface area contributed by atoms with E-state index in [1.165, 1.54) is 0 Å². The molecule has 0 aliphatic rings. The molecule has 0 saturated heterocycles. The van der Waals surface area contributed by atoms with E-state index in [4.69, 9.17) is 18.9 Å². The molecule has 0 spiro atoms. The fourth-order valence-electron chi connectivity index (χ4n) is 4.12. The first-order valence-corrected chi connectivity index (χ1v) is 12.3. The number of hydrogen-bond donors (Lipinski definition) is 1. The fourth-order valence-corrected chi connectivity index (χ4v) is 4.12. The number of rotatable bonds is 8. The number of carbonyl (C=O) groups excluding carboxylic acids is 1. The molecule has 0 radical (unpaired) electrons. The lowest BCUT2D eigenvalue weighted by Crippen LogP contribution is -2.17. The van der Waals surface area contributed by atoms with Crippen molar-refractivity contribution in [3.8, 4) is 23.0 Å². The maximum absolute atomic E-state index is 12.7. The Hall–Kier alpha value is -4.46. The first kappa shape index (κ1) is 26.6. The van der Waals surface area contributed by atoms with Crippen LogP contribution in [0.15, 0.2) is 60.8 Å². The molecule has 4 rings (SSSR count). The van der Waals surface area contributed by atoms with Crippen LogP contribution in [-0.2, 0) is 4.74 Å². The number of pyridine rings is 1. The average Bonchev–Trinajstić information content (AvgIpc) is 2.92. The third-order valence-corrected chi connectivity index (χ3v) is 6.54. The van der Waals surface area contributed by atoms with Crippen molar-refractivity contribution in [3.05, 3.63) is 77.5 Å². The van der Waals surface area contributed by atoms with Gasteiger partial charge in [-0.05, 0) is 73.9 Å². The fraction of sp³-hybridized carbons (Fsp3) is 0.267. The highest BCUT2D eigenvalue weighted by molar-refractivity contribution is 5.89.